The number of sulfonamides is 1. The number of nitrogens with one attached hydrogen (secondary N) is 2. The Kier molecular flexibility index (Phi) is 11.5. The second-order valence-corrected chi connectivity index (χ2v) is 15.4. The van der Waals surface area contributed by atoms with Gasteiger partial charge in [-0.3, -0.25) is 14.5 Å². The van der Waals surface area contributed by atoms with Crippen molar-refractivity contribution in [3.05, 3.63) is 54.1 Å². The Bertz CT molecular complexity index is 1410. The van der Waals surface area contributed by atoms with E-state index >= 15 is 0 Å². The third kappa shape index (κ3) is 9.41. The molecule has 3 N–H and O–H groups in total. The van der Waals surface area contributed by atoms with Gasteiger partial charge in [0, 0.05) is 19.2 Å². The van der Waals surface area contributed by atoms with Crippen LogP contribution in [-0.2, 0) is 26.0 Å². The molecule has 3 unspecified atom stereocenters. The van der Waals surface area contributed by atoms with Crippen LogP contribution in [0, 0.1) is 11.3 Å². The maximum Gasteiger partial charge on any atom is 0.243 e. The molecule has 0 aliphatic carbocycles. The predicted octanol–water partition coefficient (Wildman–Crippen LogP) is 2.78. The van der Waals surface area contributed by atoms with Gasteiger partial charge in [0.15, 0.2) is 11.5 Å². The van der Waals surface area contributed by atoms with Gasteiger partial charge in [-0.1, -0.05) is 65.0 Å². The van der Waals surface area contributed by atoms with Crippen molar-refractivity contribution in [2.24, 2.45) is 11.3 Å². The van der Waals surface area contributed by atoms with Crippen molar-refractivity contribution < 1.29 is 32.6 Å². The van der Waals surface area contributed by atoms with Gasteiger partial charge in [0.2, 0.25) is 28.6 Å². The van der Waals surface area contributed by atoms with E-state index in [9.17, 15) is 23.1 Å². The Morgan fingerprint density at radius 2 is 1.64 bits per heavy atom. The number of amides is 2. The monoisotopic (exact) mass is 644 g/mol. The van der Waals surface area contributed by atoms with Crippen LogP contribution in [0.1, 0.15) is 53.0 Å². The lowest BCUT2D eigenvalue weighted by atomic mass is 9.85. The van der Waals surface area contributed by atoms with Gasteiger partial charge in [-0.15, -0.1) is 0 Å². The number of rotatable bonds is 14. The lowest BCUT2D eigenvalue weighted by Gasteiger charge is -2.35. The molecular formula is C33H48N4O7S. The van der Waals surface area contributed by atoms with Crippen LogP contribution < -0.4 is 20.1 Å². The summed E-state index contributed by atoms with van der Waals surface area (Å²) in [5.74, 6) is 0.0990. The van der Waals surface area contributed by atoms with Crippen LogP contribution >= 0.6 is 0 Å². The first-order valence-electron chi connectivity index (χ1n) is 15.7. The lowest BCUT2D eigenvalue weighted by molar-refractivity contribution is -0.133. The average Bonchev–Trinajstić information content (AvgIpc) is 3.66. The van der Waals surface area contributed by atoms with Crippen molar-refractivity contribution in [3.63, 3.8) is 0 Å². The first-order chi connectivity index (χ1) is 21.2. The van der Waals surface area contributed by atoms with Gasteiger partial charge in [-0.25, -0.2) is 8.42 Å². The molecule has 11 nitrogen and oxygen atoms in total. The number of likely N-dealkylation sites (tertiary alicyclic amines) is 1. The number of nitrogens with zero attached hydrogens (tertiary/aromatic N) is 2. The molecule has 248 valence electrons. The Balaban J connectivity index is 1.56. The molecule has 1 fully saturated rings. The maximum atomic E-state index is 13.9. The molecule has 2 aromatic carbocycles. The predicted molar refractivity (Wildman–Crippen MR) is 171 cm³/mol. The SMILES string of the molecule is CC(C)CN(CC(O)C(Cc1ccccc1)NC(=O)C(NC(=O)CN1CCCC1)C(C)(C)C)S(=O)(=O)c1ccc2c(c1)OCO2. The van der Waals surface area contributed by atoms with E-state index < -0.39 is 39.5 Å². The number of aliphatic hydroxyl groups excluding tert-OH is 1. The highest BCUT2D eigenvalue weighted by Crippen LogP contribution is 2.35. The third-order valence-electron chi connectivity index (χ3n) is 8.03. The summed E-state index contributed by atoms with van der Waals surface area (Å²) in [6, 6.07) is 12.1. The molecule has 45 heavy (non-hydrogen) atoms. The fourth-order valence-electron chi connectivity index (χ4n) is 5.64. The molecule has 0 radical (unpaired) electrons. The number of hydrogen-bond donors (Lipinski definition) is 3. The molecule has 2 heterocycles. The normalized spacial score (nSPS) is 17.3. The van der Waals surface area contributed by atoms with E-state index in [0.29, 0.717) is 11.5 Å². The van der Waals surface area contributed by atoms with Crippen LogP contribution in [0.2, 0.25) is 0 Å². The Hall–Kier alpha value is -3.19. The summed E-state index contributed by atoms with van der Waals surface area (Å²) in [4.78, 5) is 28.9. The van der Waals surface area contributed by atoms with Crippen molar-refractivity contribution in [1.82, 2.24) is 19.8 Å². The Morgan fingerprint density at radius 1 is 0.978 bits per heavy atom. The summed E-state index contributed by atoms with van der Waals surface area (Å²) in [6.45, 7) is 11.3. The van der Waals surface area contributed by atoms with E-state index in [4.69, 9.17) is 9.47 Å². The van der Waals surface area contributed by atoms with Crippen LogP contribution in [0.5, 0.6) is 11.5 Å². The maximum absolute atomic E-state index is 13.9. The standard InChI is InChI=1S/C33H48N4O7S/c1-23(2)19-37(45(41,42)25-13-14-28-29(18-25)44-22-43-28)20-27(38)26(17-24-11-7-6-8-12-24)34-32(40)31(33(3,4)5)35-30(39)21-36-15-9-10-16-36/h6-8,11-14,18,23,26-27,31,38H,9-10,15-17,19-22H2,1-5H3,(H,34,40)(H,35,39). The highest BCUT2D eigenvalue weighted by molar-refractivity contribution is 7.89. The summed E-state index contributed by atoms with van der Waals surface area (Å²) in [6.07, 6.45) is 1.09. The molecule has 3 atom stereocenters. The molecule has 0 bridgehead atoms. The minimum absolute atomic E-state index is 0.0163. The number of hydrogen-bond acceptors (Lipinski definition) is 8. The Morgan fingerprint density at radius 3 is 2.29 bits per heavy atom. The number of benzene rings is 2. The Labute approximate surface area is 267 Å². The highest BCUT2D eigenvalue weighted by atomic mass is 32.2. The van der Waals surface area contributed by atoms with Gasteiger partial charge < -0.3 is 25.2 Å². The molecule has 2 aromatic rings. The zero-order valence-electron chi connectivity index (χ0n) is 27.0. The molecular weight excluding hydrogens is 596 g/mol. The lowest BCUT2D eigenvalue weighted by Crippen LogP contribution is -2.59. The van der Waals surface area contributed by atoms with E-state index in [0.717, 1.165) is 31.5 Å². The summed E-state index contributed by atoms with van der Waals surface area (Å²) in [5, 5.41) is 17.6. The van der Waals surface area contributed by atoms with Crippen molar-refractivity contribution >= 4 is 21.8 Å². The van der Waals surface area contributed by atoms with Crippen molar-refractivity contribution in [2.45, 2.75) is 77.0 Å². The second kappa shape index (κ2) is 14.9. The fourth-order valence-corrected chi connectivity index (χ4v) is 7.28. The highest BCUT2D eigenvalue weighted by Gasteiger charge is 2.37. The molecule has 0 saturated carbocycles. The molecule has 1 saturated heterocycles. The molecule has 2 aliphatic rings. The van der Waals surface area contributed by atoms with Gasteiger partial charge in [0.25, 0.3) is 0 Å². The number of carbonyl (C=O) groups excluding carboxylic acids is 2. The number of aliphatic hydroxyl groups is 1. The molecule has 2 aliphatic heterocycles. The number of carbonyl (C=O) groups is 2. The average molecular weight is 645 g/mol. The van der Waals surface area contributed by atoms with Crippen molar-refractivity contribution in [1.29, 1.82) is 0 Å². The molecule has 0 aromatic heterocycles. The summed E-state index contributed by atoms with van der Waals surface area (Å²) >= 11 is 0. The van der Waals surface area contributed by atoms with Crippen molar-refractivity contribution in [2.75, 3.05) is 39.5 Å². The van der Waals surface area contributed by atoms with Crippen molar-refractivity contribution in [3.8, 4) is 11.5 Å². The van der Waals surface area contributed by atoms with Gasteiger partial charge in [-0.2, -0.15) is 4.31 Å². The third-order valence-corrected chi connectivity index (χ3v) is 9.86. The quantitative estimate of drug-likeness (QED) is 0.286. The van der Waals surface area contributed by atoms with Gasteiger partial charge >= 0.3 is 0 Å². The first-order valence-corrected chi connectivity index (χ1v) is 17.1. The van der Waals surface area contributed by atoms with Gasteiger partial charge in [0.1, 0.15) is 6.04 Å². The largest absolute Gasteiger partial charge is 0.454 e. The van der Waals surface area contributed by atoms with E-state index in [-0.39, 0.29) is 49.6 Å². The van der Waals surface area contributed by atoms with Crippen LogP contribution in [0.25, 0.3) is 0 Å². The smallest absolute Gasteiger partial charge is 0.243 e. The topological polar surface area (TPSA) is 138 Å². The van der Waals surface area contributed by atoms with E-state index in [1.54, 1.807) is 6.07 Å². The van der Waals surface area contributed by atoms with Crippen LogP contribution in [-0.4, -0.2) is 92.2 Å². The van der Waals surface area contributed by atoms with Crippen LogP contribution in [0.4, 0.5) is 0 Å². The van der Waals surface area contributed by atoms with Gasteiger partial charge in [0.05, 0.1) is 23.6 Å². The number of fused-ring (bicyclic) bond motifs is 1. The zero-order chi connectivity index (χ0) is 32.8. The van der Waals surface area contributed by atoms with Crippen LogP contribution in [0.3, 0.4) is 0 Å². The van der Waals surface area contributed by atoms with Gasteiger partial charge in [-0.05, 0) is 61.4 Å². The summed E-state index contributed by atoms with van der Waals surface area (Å²) in [7, 11) is -4.05. The second-order valence-electron chi connectivity index (χ2n) is 13.5. The minimum atomic E-state index is -4.05. The fraction of sp³-hybridized carbons (Fsp3) is 0.576. The number of ether oxygens (including phenoxy) is 2. The zero-order valence-corrected chi connectivity index (χ0v) is 27.8. The van der Waals surface area contributed by atoms with Crippen LogP contribution in [0.15, 0.2) is 53.4 Å². The molecule has 12 heteroatoms. The summed E-state index contributed by atoms with van der Waals surface area (Å²) in [5.41, 5.74) is 0.237. The summed E-state index contributed by atoms with van der Waals surface area (Å²) < 4.78 is 39.8. The molecule has 0 spiro atoms. The molecule has 4 rings (SSSR count). The first kappa shape index (κ1) is 34.7. The minimum Gasteiger partial charge on any atom is -0.454 e. The van der Waals surface area contributed by atoms with E-state index in [1.165, 1.54) is 16.4 Å². The van der Waals surface area contributed by atoms with E-state index in [1.807, 2.05) is 65.0 Å². The molecule has 2 amide bonds. The van der Waals surface area contributed by atoms with E-state index in [2.05, 4.69) is 15.5 Å².